The molecule has 1 amide bonds. The molecule has 2 fully saturated rings. The number of aliphatic imine (C=N–C) groups is 1. The van der Waals surface area contributed by atoms with E-state index in [1.807, 2.05) is 29.3 Å². The van der Waals surface area contributed by atoms with Crippen molar-refractivity contribution >= 4 is 17.7 Å². The van der Waals surface area contributed by atoms with Crippen LogP contribution in [0.15, 0.2) is 29.4 Å². The third-order valence-corrected chi connectivity index (χ3v) is 6.18. The van der Waals surface area contributed by atoms with Crippen molar-refractivity contribution < 1.29 is 4.79 Å². The van der Waals surface area contributed by atoms with E-state index >= 15 is 0 Å². The lowest BCUT2D eigenvalue weighted by Crippen LogP contribution is -2.49. The maximum Gasteiger partial charge on any atom is 0.224 e. The van der Waals surface area contributed by atoms with Crippen molar-refractivity contribution in [3.63, 3.8) is 0 Å². The first-order valence-corrected chi connectivity index (χ1v) is 12.4. The van der Waals surface area contributed by atoms with Gasteiger partial charge in [0.05, 0.1) is 0 Å². The molecule has 0 bridgehead atoms. The minimum Gasteiger partial charge on any atom is -0.357 e. The molecule has 2 aliphatic rings. The van der Waals surface area contributed by atoms with Crippen molar-refractivity contribution in [2.75, 3.05) is 70.3 Å². The number of carbonyl (C=O) groups excluding carboxylic acids is 1. The first kappa shape index (κ1) is 24.3. The fourth-order valence-corrected chi connectivity index (χ4v) is 4.36. The van der Waals surface area contributed by atoms with Gasteiger partial charge in [-0.25, -0.2) is 4.98 Å². The van der Waals surface area contributed by atoms with Gasteiger partial charge in [-0.05, 0) is 58.0 Å². The Balaban J connectivity index is 1.32. The van der Waals surface area contributed by atoms with Gasteiger partial charge >= 0.3 is 0 Å². The summed E-state index contributed by atoms with van der Waals surface area (Å²) in [4.78, 5) is 28.5. The molecule has 2 aliphatic heterocycles. The average Bonchev–Trinajstić information content (AvgIpc) is 3.11. The number of likely N-dealkylation sites (tertiary alicyclic amines) is 1. The van der Waals surface area contributed by atoms with Crippen molar-refractivity contribution in [1.29, 1.82) is 0 Å². The summed E-state index contributed by atoms with van der Waals surface area (Å²) in [6.07, 6.45) is 8.80. The molecule has 3 heterocycles. The molecule has 0 unspecified atom stereocenters. The molecule has 8 heteroatoms. The zero-order valence-corrected chi connectivity index (χ0v) is 19.8. The molecule has 0 atom stereocenters. The van der Waals surface area contributed by atoms with Gasteiger partial charge in [-0.2, -0.15) is 0 Å². The standard InChI is InChI=1S/C24H41N7O/c1-2-25-24(27-13-9-17-29-15-7-3-4-8-16-29)28-14-11-23(32)31-20-18-30(19-21-31)22-10-5-6-12-26-22/h5-6,10,12H,2-4,7-9,11,13-21H2,1H3,(H2,25,27,28). The van der Waals surface area contributed by atoms with Crippen molar-refractivity contribution in [1.82, 2.24) is 25.4 Å². The van der Waals surface area contributed by atoms with Crippen LogP contribution in [0, 0.1) is 0 Å². The Bertz CT molecular complexity index is 681. The van der Waals surface area contributed by atoms with Crippen LogP contribution >= 0.6 is 0 Å². The number of amides is 1. The van der Waals surface area contributed by atoms with Crippen LogP contribution in [0.1, 0.15) is 45.4 Å². The molecular weight excluding hydrogens is 402 g/mol. The van der Waals surface area contributed by atoms with E-state index in [1.165, 1.54) is 38.8 Å². The van der Waals surface area contributed by atoms with Crippen molar-refractivity contribution in [2.24, 2.45) is 4.99 Å². The van der Waals surface area contributed by atoms with Crippen LogP contribution in [0.3, 0.4) is 0 Å². The van der Waals surface area contributed by atoms with Crippen LogP contribution in [-0.2, 0) is 4.79 Å². The van der Waals surface area contributed by atoms with E-state index in [2.05, 4.69) is 32.3 Å². The van der Waals surface area contributed by atoms with E-state index in [0.717, 1.165) is 64.0 Å². The summed E-state index contributed by atoms with van der Waals surface area (Å²) in [5.74, 6) is 2.01. The minimum atomic E-state index is 0.204. The number of guanidine groups is 1. The van der Waals surface area contributed by atoms with Gasteiger partial charge in [0.15, 0.2) is 5.96 Å². The lowest BCUT2D eigenvalue weighted by molar-refractivity contribution is -0.131. The van der Waals surface area contributed by atoms with E-state index in [9.17, 15) is 4.79 Å². The van der Waals surface area contributed by atoms with E-state index < -0.39 is 0 Å². The number of nitrogens with one attached hydrogen (secondary N) is 2. The second kappa shape index (κ2) is 13.9. The smallest absolute Gasteiger partial charge is 0.224 e. The summed E-state index contributed by atoms with van der Waals surface area (Å²) < 4.78 is 0. The van der Waals surface area contributed by atoms with Crippen LogP contribution in [0.25, 0.3) is 0 Å². The van der Waals surface area contributed by atoms with Gasteiger partial charge in [0.2, 0.25) is 5.91 Å². The van der Waals surface area contributed by atoms with Gasteiger partial charge in [0, 0.05) is 58.4 Å². The lowest BCUT2D eigenvalue weighted by atomic mass is 10.2. The lowest BCUT2D eigenvalue weighted by Gasteiger charge is -2.35. The predicted molar refractivity (Wildman–Crippen MR) is 131 cm³/mol. The maximum atomic E-state index is 12.6. The molecular formula is C24H41N7O. The molecule has 0 saturated carbocycles. The predicted octanol–water partition coefficient (Wildman–Crippen LogP) is 1.94. The first-order valence-electron chi connectivity index (χ1n) is 12.4. The topological polar surface area (TPSA) is 76.1 Å². The molecule has 0 spiro atoms. The fourth-order valence-electron chi connectivity index (χ4n) is 4.36. The molecule has 0 aromatic carbocycles. The molecule has 2 saturated heterocycles. The Morgan fingerprint density at radius 1 is 1.03 bits per heavy atom. The van der Waals surface area contributed by atoms with Crippen molar-refractivity contribution in [3.8, 4) is 0 Å². The minimum absolute atomic E-state index is 0.204. The van der Waals surface area contributed by atoms with Gasteiger partial charge in [-0.1, -0.05) is 18.9 Å². The number of rotatable bonds is 9. The van der Waals surface area contributed by atoms with Crippen LogP contribution in [0.2, 0.25) is 0 Å². The summed E-state index contributed by atoms with van der Waals surface area (Å²) in [6.45, 7) is 11.1. The normalized spacial score (nSPS) is 18.3. The summed E-state index contributed by atoms with van der Waals surface area (Å²) in [5, 5.41) is 6.63. The summed E-state index contributed by atoms with van der Waals surface area (Å²) in [5.41, 5.74) is 0. The quantitative estimate of drug-likeness (QED) is 0.345. The maximum absolute atomic E-state index is 12.6. The first-order chi connectivity index (χ1) is 15.8. The Labute approximate surface area is 193 Å². The number of hydrogen-bond acceptors (Lipinski definition) is 5. The zero-order valence-electron chi connectivity index (χ0n) is 19.8. The summed E-state index contributed by atoms with van der Waals surface area (Å²) in [6, 6.07) is 5.96. The molecule has 3 rings (SSSR count). The number of carbonyl (C=O) groups is 1. The highest BCUT2D eigenvalue weighted by Gasteiger charge is 2.21. The summed E-state index contributed by atoms with van der Waals surface area (Å²) >= 11 is 0. The SMILES string of the molecule is CCNC(=NCCCN1CCCCCC1)NCCC(=O)N1CCN(c2ccccn2)CC1. The van der Waals surface area contributed by atoms with Gasteiger partial charge in [-0.3, -0.25) is 9.79 Å². The van der Waals surface area contributed by atoms with Gasteiger partial charge in [-0.15, -0.1) is 0 Å². The third kappa shape index (κ3) is 8.30. The van der Waals surface area contributed by atoms with Crippen molar-refractivity contribution in [2.45, 2.75) is 45.4 Å². The highest BCUT2D eigenvalue weighted by molar-refractivity contribution is 5.81. The second-order valence-corrected chi connectivity index (χ2v) is 8.60. The number of piperazine rings is 1. The summed E-state index contributed by atoms with van der Waals surface area (Å²) in [7, 11) is 0. The van der Waals surface area contributed by atoms with E-state index in [4.69, 9.17) is 4.99 Å². The Morgan fingerprint density at radius 3 is 2.50 bits per heavy atom. The fraction of sp³-hybridized carbons (Fsp3) is 0.708. The third-order valence-electron chi connectivity index (χ3n) is 6.18. The monoisotopic (exact) mass is 443 g/mol. The van der Waals surface area contributed by atoms with Crippen molar-refractivity contribution in [3.05, 3.63) is 24.4 Å². The number of nitrogens with zero attached hydrogens (tertiary/aromatic N) is 5. The molecule has 178 valence electrons. The highest BCUT2D eigenvalue weighted by Crippen LogP contribution is 2.13. The number of aromatic nitrogens is 1. The largest absolute Gasteiger partial charge is 0.357 e. The Hall–Kier alpha value is -2.35. The number of anilines is 1. The molecule has 8 nitrogen and oxygen atoms in total. The van der Waals surface area contributed by atoms with Crippen LogP contribution in [0.5, 0.6) is 0 Å². The molecule has 2 N–H and O–H groups in total. The van der Waals surface area contributed by atoms with E-state index in [-0.39, 0.29) is 5.91 Å². The second-order valence-electron chi connectivity index (χ2n) is 8.60. The van der Waals surface area contributed by atoms with E-state index in [0.29, 0.717) is 13.0 Å². The molecule has 0 radical (unpaired) electrons. The molecule has 1 aromatic rings. The molecule has 1 aromatic heterocycles. The van der Waals surface area contributed by atoms with Crippen LogP contribution < -0.4 is 15.5 Å². The van der Waals surface area contributed by atoms with Gasteiger partial charge in [0.1, 0.15) is 5.82 Å². The zero-order chi connectivity index (χ0) is 22.4. The van der Waals surface area contributed by atoms with Gasteiger partial charge < -0.3 is 25.3 Å². The Kier molecular flexibility index (Phi) is 10.6. The Morgan fingerprint density at radius 2 is 1.81 bits per heavy atom. The van der Waals surface area contributed by atoms with Gasteiger partial charge in [0.25, 0.3) is 0 Å². The average molecular weight is 444 g/mol. The number of pyridine rings is 1. The van der Waals surface area contributed by atoms with Crippen LogP contribution in [-0.4, -0.2) is 92.1 Å². The van der Waals surface area contributed by atoms with Crippen LogP contribution in [0.4, 0.5) is 5.82 Å². The highest BCUT2D eigenvalue weighted by atomic mass is 16.2. The molecule has 32 heavy (non-hydrogen) atoms. The number of hydrogen-bond donors (Lipinski definition) is 2. The molecule has 0 aliphatic carbocycles. The van der Waals surface area contributed by atoms with E-state index in [1.54, 1.807) is 0 Å².